The highest BCUT2D eigenvalue weighted by atomic mass is 19.1. The highest BCUT2D eigenvalue weighted by molar-refractivity contribution is 6.02. The van der Waals surface area contributed by atoms with Crippen LogP contribution < -0.4 is 0 Å². The first-order valence-electron chi connectivity index (χ1n) is 5.46. The second-order valence-electron chi connectivity index (χ2n) is 4.31. The number of halogens is 1. The van der Waals surface area contributed by atoms with Crippen LogP contribution in [0.2, 0.25) is 0 Å². The van der Waals surface area contributed by atoms with Crippen LogP contribution in [0.5, 0.6) is 0 Å². The van der Waals surface area contributed by atoms with Gasteiger partial charge in [-0.2, -0.15) is 0 Å². The minimum Gasteiger partial charge on any atom is -0.469 e. The number of benzene rings is 1. The van der Waals surface area contributed by atoms with Crippen molar-refractivity contribution in [2.75, 3.05) is 7.11 Å². The third kappa shape index (κ3) is 1.95. The third-order valence-electron chi connectivity index (χ3n) is 3.18. The van der Waals surface area contributed by atoms with Crippen molar-refractivity contribution in [1.82, 2.24) is 0 Å². The molecule has 0 bridgehead atoms. The molecule has 0 aromatic heterocycles. The van der Waals surface area contributed by atoms with Crippen molar-refractivity contribution in [1.29, 1.82) is 0 Å². The molecular formula is C13H13FO3. The van der Waals surface area contributed by atoms with Gasteiger partial charge >= 0.3 is 5.97 Å². The van der Waals surface area contributed by atoms with Crippen LogP contribution >= 0.6 is 0 Å². The predicted octanol–water partition coefficient (Wildman–Crippen LogP) is 2.30. The molecule has 2 rings (SSSR count). The van der Waals surface area contributed by atoms with E-state index in [-0.39, 0.29) is 11.7 Å². The summed E-state index contributed by atoms with van der Waals surface area (Å²) in [4.78, 5) is 23.5. The van der Waals surface area contributed by atoms with Crippen molar-refractivity contribution in [2.45, 2.75) is 19.3 Å². The summed E-state index contributed by atoms with van der Waals surface area (Å²) in [6.45, 7) is 1.77. The van der Waals surface area contributed by atoms with Gasteiger partial charge in [-0.15, -0.1) is 0 Å². The summed E-state index contributed by atoms with van der Waals surface area (Å²) < 4.78 is 17.9. The molecule has 1 aromatic rings. The van der Waals surface area contributed by atoms with Crippen LogP contribution in [-0.4, -0.2) is 18.9 Å². The van der Waals surface area contributed by atoms with Crippen molar-refractivity contribution < 1.29 is 18.7 Å². The lowest BCUT2D eigenvalue weighted by Gasteiger charge is -2.26. The average molecular weight is 236 g/mol. The van der Waals surface area contributed by atoms with Gasteiger partial charge in [0.2, 0.25) is 0 Å². The Kier molecular flexibility index (Phi) is 2.96. The summed E-state index contributed by atoms with van der Waals surface area (Å²) in [5.41, 5.74) is 0.875. The SMILES string of the molecule is COC(=O)[C@@H]1C[C@@H](C)C(=O)c2ccc(F)cc21. The Bertz CT molecular complexity index is 482. The fraction of sp³-hybridized carbons (Fsp3) is 0.385. The summed E-state index contributed by atoms with van der Waals surface area (Å²) in [6, 6.07) is 3.93. The minimum absolute atomic E-state index is 0.0415. The molecule has 1 aromatic carbocycles. The Balaban J connectivity index is 2.53. The summed E-state index contributed by atoms with van der Waals surface area (Å²) in [5.74, 6) is -1.69. The lowest BCUT2D eigenvalue weighted by atomic mass is 9.77. The Labute approximate surface area is 98.6 Å². The molecule has 1 aliphatic carbocycles. The van der Waals surface area contributed by atoms with Gasteiger partial charge in [0.05, 0.1) is 13.0 Å². The summed E-state index contributed by atoms with van der Waals surface area (Å²) in [6.07, 6.45) is 0.377. The molecule has 17 heavy (non-hydrogen) atoms. The molecule has 0 N–H and O–H groups in total. The summed E-state index contributed by atoms with van der Waals surface area (Å²) in [5, 5.41) is 0. The topological polar surface area (TPSA) is 43.4 Å². The van der Waals surface area contributed by atoms with Crippen LogP contribution in [-0.2, 0) is 9.53 Å². The molecule has 0 heterocycles. The molecule has 90 valence electrons. The van der Waals surface area contributed by atoms with Crippen LogP contribution in [0.3, 0.4) is 0 Å². The summed E-state index contributed by atoms with van der Waals surface area (Å²) >= 11 is 0. The molecular weight excluding hydrogens is 223 g/mol. The van der Waals surface area contributed by atoms with E-state index in [0.29, 0.717) is 17.5 Å². The third-order valence-corrected chi connectivity index (χ3v) is 3.18. The maximum absolute atomic E-state index is 13.2. The zero-order valence-corrected chi connectivity index (χ0v) is 9.70. The van der Waals surface area contributed by atoms with Crippen LogP contribution in [0.4, 0.5) is 4.39 Å². The molecule has 0 fully saturated rings. The van der Waals surface area contributed by atoms with E-state index < -0.39 is 17.7 Å². The lowest BCUT2D eigenvalue weighted by molar-refractivity contribution is -0.142. The molecule has 0 unspecified atom stereocenters. The Morgan fingerprint density at radius 3 is 2.82 bits per heavy atom. The number of esters is 1. The van der Waals surface area contributed by atoms with Gasteiger partial charge in [-0.05, 0) is 30.2 Å². The fourth-order valence-corrected chi connectivity index (χ4v) is 2.26. The first kappa shape index (κ1) is 11.8. The Hall–Kier alpha value is -1.71. The van der Waals surface area contributed by atoms with E-state index in [1.165, 1.54) is 25.3 Å². The summed E-state index contributed by atoms with van der Waals surface area (Å²) in [7, 11) is 1.29. The molecule has 0 saturated carbocycles. The van der Waals surface area contributed by atoms with Crippen molar-refractivity contribution in [3.05, 3.63) is 35.1 Å². The van der Waals surface area contributed by atoms with Gasteiger partial charge in [-0.25, -0.2) is 4.39 Å². The first-order valence-corrected chi connectivity index (χ1v) is 5.46. The molecule has 0 spiro atoms. The van der Waals surface area contributed by atoms with Gasteiger partial charge in [0.25, 0.3) is 0 Å². The molecule has 0 radical (unpaired) electrons. The molecule has 0 aliphatic heterocycles. The van der Waals surface area contributed by atoms with Gasteiger partial charge in [0.1, 0.15) is 5.82 Å². The maximum Gasteiger partial charge on any atom is 0.313 e. The Morgan fingerprint density at radius 2 is 2.18 bits per heavy atom. The number of rotatable bonds is 1. The quantitative estimate of drug-likeness (QED) is 0.703. The number of fused-ring (bicyclic) bond motifs is 1. The van der Waals surface area contributed by atoms with E-state index >= 15 is 0 Å². The van der Waals surface area contributed by atoms with E-state index in [1.54, 1.807) is 6.92 Å². The number of carbonyl (C=O) groups excluding carboxylic acids is 2. The zero-order valence-electron chi connectivity index (χ0n) is 9.70. The number of hydrogen-bond donors (Lipinski definition) is 0. The highest BCUT2D eigenvalue weighted by Crippen LogP contribution is 2.35. The molecule has 2 atom stereocenters. The monoisotopic (exact) mass is 236 g/mol. The van der Waals surface area contributed by atoms with E-state index in [9.17, 15) is 14.0 Å². The van der Waals surface area contributed by atoms with Crippen molar-refractivity contribution in [3.8, 4) is 0 Å². The average Bonchev–Trinajstić information content (AvgIpc) is 2.32. The first-order chi connectivity index (χ1) is 8.04. The maximum atomic E-state index is 13.2. The molecule has 3 nitrogen and oxygen atoms in total. The lowest BCUT2D eigenvalue weighted by Crippen LogP contribution is -2.28. The minimum atomic E-state index is -0.543. The largest absolute Gasteiger partial charge is 0.469 e. The number of ketones is 1. The van der Waals surface area contributed by atoms with Crippen LogP contribution in [0.15, 0.2) is 18.2 Å². The van der Waals surface area contributed by atoms with Gasteiger partial charge in [-0.1, -0.05) is 6.92 Å². The van der Waals surface area contributed by atoms with Crippen molar-refractivity contribution >= 4 is 11.8 Å². The van der Waals surface area contributed by atoms with E-state index in [4.69, 9.17) is 4.74 Å². The number of ether oxygens (including phenoxy) is 1. The van der Waals surface area contributed by atoms with Gasteiger partial charge in [-0.3, -0.25) is 9.59 Å². The van der Waals surface area contributed by atoms with E-state index in [2.05, 4.69) is 0 Å². The number of Topliss-reactive ketones (excluding diaryl/α,β-unsaturated/α-hetero) is 1. The van der Waals surface area contributed by atoms with Crippen LogP contribution in [0, 0.1) is 11.7 Å². The number of hydrogen-bond acceptors (Lipinski definition) is 3. The van der Waals surface area contributed by atoms with Crippen LogP contribution in [0.25, 0.3) is 0 Å². The molecule has 4 heteroatoms. The smallest absolute Gasteiger partial charge is 0.313 e. The molecule has 1 aliphatic rings. The molecule has 0 saturated heterocycles. The zero-order chi connectivity index (χ0) is 12.6. The van der Waals surface area contributed by atoms with Gasteiger partial charge in [0, 0.05) is 11.5 Å². The van der Waals surface area contributed by atoms with E-state index in [1.807, 2.05) is 0 Å². The van der Waals surface area contributed by atoms with Crippen molar-refractivity contribution in [2.24, 2.45) is 5.92 Å². The normalized spacial score (nSPS) is 23.1. The van der Waals surface area contributed by atoms with Gasteiger partial charge < -0.3 is 4.74 Å². The second-order valence-corrected chi connectivity index (χ2v) is 4.31. The van der Waals surface area contributed by atoms with Crippen molar-refractivity contribution in [3.63, 3.8) is 0 Å². The van der Waals surface area contributed by atoms with Gasteiger partial charge in [0.15, 0.2) is 5.78 Å². The van der Waals surface area contributed by atoms with Crippen LogP contribution in [0.1, 0.15) is 35.2 Å². The standard InChI is InChI=1S/C13H13FO3/c1-7-5-11(13(16)17-2)10-6-8(14)3-4-9(10)12(7)15/h3-4,6-7,11H,5H2,1-2H3/t7-,11-/m1/s1. The molecule has 0 amide bonds. The fourth-order valence-electron chi connectivity index (χ4n) is 2.26. The highest BCUT2D eigenvalue weighted by Gasteiger charge is 2.35. The second kappa shape index (κ2) is 4.28. The number of carbonyl (C=O) groups is 2. The van der Waals surface area contributed by atoms with E-state index in [0.717, 1.165) is 0 Å². The predicted molar refractivity (Wildman–Crippen MR) is 59.3 cm³/mol. The number of methoxy groups -OCH3 is 1. The Morgan fingerprint density at radius 1 is 1.47 bits per heavy atom.